The van der Waals surface area contributed by atoms with Crippen molar-refractivity contribution < 1.29 is 19.1 Å². The first-order valence-electron chi connectivity index (χ1n) is 21.3. The smallest absolute Gasteiger partial charge is 0.238 e. The summed E-state index contributed by atoms with van der Waals surface area (Å²) >= 11 is 6.71. The van der Waals surface area contributed by atoms with Crippen molar-refractivity contribution in [3.05, 3.63) is 149 Å². The lowest BCUT2D eigenvalue weighted by Gasteiger charge is -2.56. The molecule has 2 saturated carbocycles. The van der Waals surface area contributed by atoms with Gasteiger partial charge in [-0.3, -0.25) is 14.5 Å². The van der Waals surface area contributed by atoms with E-state index >= 15 is 9.59 Å². The largest absolute Gasteiger partial charge is 0.428 e. The molecule has 3 aromatic carbocycles. The lowest BCUT2D eigenvalue weighted by molar-refractivity contribution is -0.137. The fourth-order valence-electron chi connectivity index (χ4n) is 11.6. The third kappa shape index (κ3) is 6.10. The molecule has 3 aromatic heterocycles. The Morgan fingerprint density at radius 1 is 0.917 bits per heavy atom. The van der Waals surface area contributed by atoms with Crippen LogP contribution in [-0.4, -0.2) is 59.0 Å². The standard InChI is InChI=1S/C48H50ClN7O4/c1-46(2)22-24-47(25-23-46)48(35-21-18-33(49)27-36(35)53-45(48)59)39(37-28-50-38-15-9-10-26-55(37)38)41(43(58)52-34-19-16-32(17-20-34)44-54-51-29-60-44)56(47)40(30-11-5-3-6-12-30)42(57)31-13-7-4-8-14-31/h3-15,18,21,26-29,32,34,39-42,57H,16-17,19-20,22-25H2,1-2H3,(H,52,58)(H,53,59)/t32?,34?,39-,40+,41+,42-,48-/m0/s1. The Morgan fingerprint density at radius 3 is 2.32 bits per heavy atom. The van der Waals surface area contributed by atoms with Crippen molar-refractivity contribution in [3.63, 3.8) is 0 Å². The van der Waals surface area contributed by atoms with E-state index < -0.39 is 35.1 Å². The van der Waals surface area contributed by atoms with Crippen LogP contribution < -0.4 is 10.6 Å². The van der Waals surface area contributed by atoms with Gasteiger partial charge in [0, 0.05) is 52.2 Å². The highest BCUT2D eigenvalue weighted by atomic mass is 35.5. The van der Waals surface area contributed by atoms with Crippen LogP contribution in [0.2, 0.25) is 5.02 Å². The zero-order valence-electron chi connectivity index (χ0n) is 33.9. The fourth-order valence-corrected chi connectivity index (χ4v) is 11.8. The summed E-state index contributed by atoms with van der Waals surface area (Å²) < 4.78 is 7.63. The number of nitrogens with zero attached hydrogens (tertiary/aromatic N) is 5. The van der Waals surface area contributed by atoms with Crippen LogP contribution in [0.1, 0.15) is 117 Å². The molecule has 0 unspecified atom stereocenters. The number of carbonyl (C=O) groups excluding carboxylic acids is 2. The van der Waals surface area contributed by atoms with Crippen LogP contribution in [0.3, 0.4) is 0 Å². The van der Waals surface area contributed by atoms with E-state index in [1.54, 1.807) is 0 Å². The quantitative estimate of drug-likeness (QED) is 0.139. The molecule has 12 heteroatoms. The molecule has 3 fully saturated rings. The number of benzene rings is 3. The Bertz CT molecular complexity index is 2510. The van der Waals surface area contributed by atoms with Crippen molar-refractivity contribution in [2.24, 2.45) is 5.41 Å². The molecule has 2 aliphatic heterocycles. The van der Waals surface area contributed by atoms with Crippen molar-refractivity contribution in [1.29, 1.82) is 0 Å². The Kier molecular flexibility index (Phi) is 9.69. The Balaban J connectivity index is 1.24. The Hall–Kier alpha value is -5.36. The van der Waals surface area contributed by atoms with E-state index in [9.17, 15) is 5.11 Å². The summed E-state index contributed by atoms with van der Waals surface area (Å²) in [4.78, 5) is 39.2. The highest BCUT2D eigenvalue weighted by molar-refractivity contribution is 6.31. The topological polar surface area (TPSA) is 138 Å². The van der Waals surface area contributed by atoms with Gasteiger partial charge in [-0.15, -0.1) is 10.2 Å². The molecular weight excluding hydrogens is 774 g/mol. The number of hydrogen-bond acceptors (Lipinski definition) is 8. The summed E-state index contributed by atoms with van der Waals surface area (Å²) in [5.74, 6) is -0.338. The van der Waals surface area contributed by atoms with Crippen LogP contribution in [0.5, 0.6) is 0 Å². The number of aliphatic hydroxyl groups is 1. The molecule has 5 atom stereocenters. The van der Waals surface area contributed by atoms with Crippen molar-refractivity contribution in [1.82, 2.24) is 29.8 Å². The average molecular weight is 824 g/mol. The van der Waals surface area contributed by atoms with Crippen molar-refractivity contribution in [2.75, 3.05) is 5.32 Å². The van der Waals surface area contributed by atoms with Gasteiger partial charge in [-0.1, -0.05) is 98.2 Å². The molecule has 2 amide bonds. The molecular formula is C48H50ClN7O4. The van der Waals surface area contributed by atoms with Crippen molar-refractivity contribution in [3.8, 4) is 0 Å². The third-order valence-electron chi connectivity index (χ3n) is 14.5. The number of anilines is 1. The van der Waals surface area contributed by atoms with E-state index in [-0.39, 0.29) is 29.2 Å². The SMILES string of the molecule is CC1(C)CCC2(CC1)N([C@H](c1ccccc1)[C@@H](O)c1ccccc1)[C@@H](C(=O)NC1CCC(c3nnco3)CC1)[C@H](c1cnc3ccccn13)[C@@]21C(=O)Nc2cc(Cl)ccc21. The molecule has 60 heavy (non-hydrogen) atoms. The van der Waals surface area contributed by atoms with Crippen LogP contribution >= 0.6 is 11.6 Å². The number of rotatable bonds is 8. The molecule has 10 rings (SSSR count). The van der Waals surface area contributed by atoms with Crippen LogP contribution in [0.25, 0.3) is 5.65 Å². The van der Waals surface area contributed by atoms with Crippen molar-refractivity contribution >= 4 is 34.7 Å². The first-order chi connectivity index (χ1) is 29.1. The van der Waals surface area contributed by atoms with Gasteiger partial charge in [0.15, 0.2) is 0 Å². The number of likely N-dealkylation sites (tertiary alicyclic amines) is 1. The number of aromatic nitrogens is 4. The minimum atomic E-state index is -1.31. The number of imidazole rings is 1. The summed E-state index contributed by atoms with van der Waals surface area (Å²) in [6.07, 6.45) is 9.99. The van der Waals surface area contributed by atoms with Gasteiger partial charge in [-0.05, 0) is 97.7 Å². The van der Waals surface area contributed by atoms with Gasteiger partial charge in [0.25, 0.3) is 0 Å². The summed E-state index contributed by atoms with van der Waals surface area (Å²) in [5, 5.41) is 28.5. The zero-order valence-corrected chi connectivity index (χ0v) is 34.6. The van der Waals surface area contributed by atoms with E-state index in [1.165, 1.54) is 6.39 Å². The van der Waals surface area contributed by atoms with E-state index in [0.29, 0.717) is 29.4 Å². The second-order valence-corrected chi connectivity index (χ2v) is 18.6. The molecule has 11 nitrogen and oxygen atoms in total. The molecule has 0 bridgehead atoms. The Labute approximate surface area is 354 Å². The van der Waals surface area contributed by atoms with E-state index in [4.69, 9.17) is 21.0 Å². The lowest BCUT2D eigenvalue weighted by atomic mass is 9.53. The van der Waals surface area contributed by atoms with Gasteiger partial charge in [0.2, 0.25) is 24.1 Å². The highest BCUT2D eigenvalue weighted by Gasteiger charge is 2.77. The second kappa shape index (κ2) is 15.0. The molecule has 308 valence electrons. The number of nitrogens with one attached hydrogen (secondary N) is 2. The predicted octanol–water partition coefficient (Wildman–Crippen LogP) is 8.69. The third-order valence-corrected chi connectivity index (χ3v) is 14.7. The second-order valence-electron chi connectivity index (χ2n) is 18.1. The van der Waals surface area contributed by atoms with Gasteiger partial charge in [0.05, 0.1) is 12.1 Å². The number of fused-ring (bicyclic) bond motifs is 4. The van der Waals surface area contributed by atoms with Gasteiger partial charge in [-0.2, -0.15) is 0 Å². The minimum Gasteiger partial charge on any atom is -0.428 e. The molecule has 6 aromatic rings. The number of carbonyl (C=O) groups is 2. The predicted molar refractivity (Wildman–Crippen MR) is 228 cm³/mol. The summed E-state index contributed by atoms with van der Waals surface area (Å²) in [7, 11) is 0. The highest BCUT2D eigenvalue weighted by Crippen LogP contribution is 2.69. The van der Waals surface area contributed by atoms with E-state index in [0.717, 1.165) is 66.6 Å². The number of halogens is 1. The lowest BCUT2D eigenvalue weighted by Crippen LogP contribution is -2.64. The van der Waals surface area contributed by atoms with Crippen LogP contribution in [0, 0.1) is 5.41 Å². The molecule has 1 saturated heterocycles. The van der Waals surface area contributed by atoms with E-state index in [2.05, 4.69) is 39.6 Å². The molecule has 2 spiro atoms. The summed E-state index contributed by atoms with van der Waals surface area (Å²) in [6, 6.07) is 29.5. The van der Waals surface area contributed by atoms with Gasteiger partial charge >= 0.3 is 0 Å². The average Bonchev–Trinajstić information content (AvgIpc) is 4.05. The first-order valence-corrected chi connectivity index (χ1v) is 21.7. The maximum absolute atomic E-state index is 16.1. The number of hydrogen-bond donors (Lipinski definition) is 3. The Morgan fingerprint density at radius 2 is 1.62 bits per heavy atom. The van der Waals surface area contributed by atoms with Gasteiger partial charge in [-0.25, -0.2) is 4.98 Å². The number of aliphatic hydroxyl groups excluding tert-OH is 1. The zero-order chi connectivity index (χ0) is 41.2. The number of amides is 2. The van der Waals surface area contributed by atoms with E-state index in [1.807, 2.05) is 114 Å². The van der Waals surface area contributed by atoms with Crippen molar-refractivity contribution in [2.45, 2.75) is 112 Å². The summed E-state index contributed by atoms with van der Waals surface area (Å²) in [5.41, 5.74) is 2.23. The monoisotopic (exact) mass is 823 g/mol. The molecule has 0 radical (unpaired) electrons. The maximum atomic E-state index is 16.1. The van der Waals surface area contributed by atoms with Crippen LogP contribution in [0.4, 0.5) is 5.69 Å². The first kappa shape index (κ1) is 38.8. The van der Waals surface area contributed by atoms with Gasteiger partial charge < -0.3 is 24.6 Å². The minimum absolute atomic E-state index is 0.0214. The number of pyridine rings is 1. The molecule has 2 aliphatic carbocycles. The summed E-state index contributed by atoms with van der Waals surface area (Å²) in [6.45, 7) is 4.58. The normalized spacial score (nSPS) is 26.8. The molecule has 5 heterocycles. The molecule has 3 N–H and O–H groups in total. The fraction of sp³-hybridized carbons (Fsp3) is 0.396. The van der Waals surface area contributed by atoms with Gasteiger partial charge in [0.1, 0.15) is 17.1 Å². The molecule has 4 aliphatic rings. The van der Waals surface area contributed by atoms with Crippen LogP contribution in [-0.2, 0) is 15.0 Å². The van der Waals surface area contributed by atoms with Crippen LogP contribution in [0.15, 0.2) is 120 Å². The maximum Gasteiger partial charge on any atom is 0.238 e.